The summed E-state index contributed by atoms with van der Waals surface area (Å²) < 4.78 is 1.59. The van der Waals surface area contributed by atoms with Crippen LogP contribution in [0.2, 0.25) is 0 Å². The molecular weight excluding hydrogens is 218 g/mol. The molecule has 1 aliphatic rings. The first-order valence-electron chi connectivity index (χ1n) is 5.96. The molecule has 1 fully saturated rings. The van der Waals surface area contributed by atoms with E-state index in [1.54, 1.807) is 17.8 Å². The first kappa shape index (κ1) is 12.1. The van der Waals surface area contributed by atoms with E-state index < -0.39 is 0 Å². The highest BCUT2D eigenvalue weighted by atomic mass is 16.3. The van der Waals surface area contributed by atoms with Gasteiger partial charge in [0.15, 0.2) is 0 Å². The third-order valence-electron chi connectivity index (χ3n) is 3.46. The SMILES string of the molecule is Cc1cc(C(=O)NCC2(CCO)CC2)n(C)n1. The summed E-state index contributed by atoms with van der Waals surface area (Å²) in [4.78, 5) is 11.9. The summed E-state index contributed by atoms with van der Waals surface area (Å²) in [6, 6.07) is 1.78. The van der Waals surface area contributed by atoms with Crippen molar-refractivity contribution >= 4 is 5.91 Å². The quantitative estimate of drug-likeness (QED) is 0.789. The number of amides is 1. The molecule has 2 N–H and O–H groups in total. The maximum atomic E-state index is 11.9. The van der Waals surface area contributed by atoms with Crippen molar-refractivity contribution in [2.75, 3.05) is 13.2 Å². The molecule has 5 nitrogen and oxygen atoms in total. The number of hydrogen-bond acceptors (Lipinski definition) is 3. The lowest BCUT2D eigenvalue weighted by atomic mass is 10.0. The van der Waals surface area contributed by atoms with Crippen molar-refractivity contribution < 1.29 is 9.90 Å². The number of rotatable bonds is 5. The molecule has 0 aromatic carbocycles. The number of aliphatic hydroxyl groups is 1. The van der Waals surface area contributed by atoms with Gasteiger partial charge >= 0.3 is 0 Å². The van der Waals surface area contributed by atoms with Crippen LogP contribution in [-0.4, -0.2) is 33.9 Å². The average Bonchev–Trinajstić information content (AvgIpc) is 2.95. The predicted octanol–water partition coefficient (Wildman–Crippen LogP) is 0.621. The van der Waals surface area contributed by atoms with Crippen LogP contribution in [0.3, 0.4) is 0 Å². The topological polar surface area (TPSA) is 67.2 Å². The number of nitrogens with zero attached hydrogens (tertiary/aromatic N) is 2. The van der Waals surface area contributed by atoms with Crippen LogP contribution in [0, 0.1) is 12.3 Å². The van der Waals surface area contributed by atoms with Gasteiger partial charge in [-0.1, -0.05) is 0 Å². The minimum atomic E-state index is -0.0858. The molecule has 17 heavy (non-hydrogen) atoms. The lowest BCUT2D eigenvalue weighted by Crippen LogP contribution is -2.31. The highest BCUT2D eigenvalue weighted by Gasteiger charge is 2.42. The van der Waals surface area contributed by atoms with E-state index in [-0.39, 0.29) is 17.9 Å². The number of aliphatic hydroxyl groups excluding tert-OH is 1. The highest BCUT2D eigenvalue weighted by molar-refractivity contribution is 5.92. The molecule has 2 rings (SSSR count). The third kappa shape index (κ3) is 2.66. The van der Waals surface area contributed by atoms with E-state index in [1.165, 1.54) is 0 Å². The first-order valence-corrected chi connectivity index (χ1v) is 5.96. The van der Waals surface area contributed by atoms with Crippen LogP contribution >= 0.6 is 0 Å². The summed E-state index contributed by atoms with van der Waals surface area (Å²) in [5, 5.41) is 16.0. The second-order valence-electron chi connectivity index (χ2n) is 4.95. The Bertz CT molecular complexity index is 421. The Labute approximate surface area is 101 Å². The van der Waals surface area contributed by atoms with E-state index in [9.17, 15) is 4.79 Å². The van der Waals surface area contributed by atoms with Crippen molar-refractivity contribution in [2.24, 2.45) is 12.5 Å². The average molecular weight is 237 g/mol. The Balaban J connectivity index is 1.92. The fraction of sp³-hybridized carbons (Fsp3) is 0.667. The molecular formula is C12H19N3O2. The van der Waals surface area contributed by atoms with Gasteiger partial charge < -0.3 is 10.4 Å². The smallest absolute Gasteiger partial charge is 0.269 e. The summed E-state index contributed by atoms with van der Waals surface area (Å²) in [5.74, 6) is -0.0858. The number of carbonyl (C=O) groups is 1. The Kier molecular flexibility index (Phi) is 3.19. The van der Waals surface area contributed by atoms with Gasteiger partial charge in [-0.15, -0.1) is 0 Å². The van der Waals surface area contributed by atoms with Crippen LogP contribution in [0.5, 0.6) is 0 Å². The van der Waals surface area contributed by atoms with Gasteiger partial charge in [-0.2, -0.15) is 5.10 Å². The fourth-order valence-corrected chi connectivity index (χ4v) is 2.11. The maximum Gasteiger partial charge on any atom is 0.269 e. The van der Waals surface area contributed by atoms with Gasteiger partial charge in [0.05, 0.1) is 5.69 Å². The molecule has 1 aliphatic carbocycles. The lowest BCUT2D eigenvalue weighted by Gasteiger charge is -2.14. The number of aromatic nitrogens is 2. The molecule has 1 heterocycles. The third-order valence-corrected chi connectivity index (χ3v) is 3.46. The molecule has 0 aliphatic heterocycles. The summed E-state index contributed by atoms with van der Waals surface area (Å²) in [6.45, 7) is 2.71. The number of nitrogens with one attached hydrogen (secondary N) is 1. The van der Waals surface area contributed by atoms with E-state index in [2.05, 4.69) is 10.4 Å². The van der Waals surface area contributed by atoms with Crippen molar-refractivity contribution in [2.45, 2.75) is 26.2 Å². The summed E-state index contributed by atoms with van der Waals surface area (Å²) in [6.07, 6.45) is 2.97. The van der Waals surface area contributed by atoms with E-state index in [0.717, 1.165) is 25.0 Å². The van der Waals surface area contributed by atoms with E-state index >= 15 is 0 Å². The largest absolute Gasteiger partial charge is 0.396 e. The van der Waals surface area contributed by atoms with Gasteiger partial charge in [0, 0.05) is 20.2 Å². The van der Waals surface area contributed by atoms with Crippen molar-refractivity contribution in [3.8, 4) is 0 Å². The van der Waals surface area contributed by atoms with Crippen LogP contribution in [0.1, 0.15) is 35.4 Å². The van der Waals surface area contributed by atoms with E-state index in [4.69, 9.17) is 5.11 Å². The number of carbonyl (C=O) groups excluding carboxylic acids is 1. The molecule has 0 unspecified atom stereocenters. The van der Waals surface area contributed by atoms with Gasteiger partial charge in [0.1, 0.15) is 5.69 Å². The number of aryl methyl sites for hydroxylation is 2. The second kappa shape index (κ2) is 4.49. The van der Waals surface area contributed by atoms with Crippen LogP contribution in [0.15, 0.2) is 6.07 Å². The molecule has 0 radical (unpaired) electrons. The van der Waals surface area contributed by atoms with Crippen LogP contribution in [0.4, 0.5) is 0 Å². The summed E-state index contributed by atoms with van der Waals surface area (Å²) in [5.41, 5.74) is 1.58. The van der Waals surface area contributed by atoms with Crippen molar-refractivity contribution in [1.29, 1.82) is 0 Å². The zero-order valence-electron chi connectivity index (χ0n) is 10.4. The minimum absolute atomic E-state index is 0.0858. The molecule has 5 heteroatoms. The van der Waals surface area contributed by atoms with Gasteiger partial charge in [-0.3, -0.25) is 9.48 Å². The monoisotopic (exact) mass is 237 g/mol. The van der Waals surface area contributed by atoms with Crippen molar-refractivity contribution in [3.63, 3.8) is 0 Å². The normalized spacial score (nSPS) is 16.9. The predicted molar refractivity (Wildman–Crippen MR) is 63.6 cm³/mol. The Morgan fingerprint density at radius 2 is 2.35 bits per heavy atom. The van der Waals surface area contributed by atoms with Gasteiger partial charge in [0.25, 0.3) is 5.91 Å². The Morgan fingerprint density at radius 1 is 1.65 bits per heavy atom. The maximum absolute atomic E-state index is 11.9. The summed E-state index contributed by atoms with van der Waals surface area (Å²) >= 11 is 0. The van der Waals surface area contributed by atoms with Gasteiger partial charge in [0.2, 0.25) is 0 Å². The van der Waals surface area contributed by atoms with Crippen LogP contribution in [0.25, 0.3) is 0 Å². The molecule has 1 amide bonds. The highest BCUT2D eigenvalue weighted by Crippen LogP contribution is 2.47. The number of hydrogen-bond donors (Lipinski definition) is 2. The molecule has 94 valence electrons. The Morgan fingerprint density at radius 3 is 2.82 bits per heavy atom. The molecule has 1 saturated carbocycles. The lowest BCUT2D eigenvalue weighted by molar-refractivity contribution is 0.0931. The molecule has 0 atom stereocenters. The van der Waals surface area contributed by atoms with Crippen molar-refractivity contribution in [1.82, 2.24) is 15.1 Å². The Hall–Kier alpha value is -1.36. The summed E-state index contributed by atoms with van der Waals surface area (Å²) in [7, 11) is 1.77. The van der Waals surface area contributed by atoms with Gasteiger partial charge in [-0.05, 0) is 37.7 Å². The molecule has 0 spiro atoms. The molecule has 1 aromatic rings. The molecule has 0 saturated heterocycles. The van der Waals surface area contributed by atoms with Crippen LogP contribution < -0.4 is 5.32 Å². The minimum Gasteiger partial charge on any atom is -0.396 e. The van der Waals surface area contributed by atoms with Gasteiger partial charge in [-0.25, -0.2) is 0 Å². The standard InChI is InChI=1S/C12H19N3O2/c1-9-7-10(15(2)14-9)11(17)13-8-12(3-4-12)5-6-16/h7,16H,3-6,8H2,1-2H3,(H,13,17). The van der Waals surface area contributed by atoms with E-state index in [1.807, 2.05) is 6.92 Å². The zero-order valence-corrected chi connectivity index (χ0v) is 10.4. The van der Waals surface area contributed by atoms with Crippen molar-refractivity contribution in [3.05, 3.63) is 17.5 Å². The zero-order chi connectivity index (χ0) is 12.5. The molecule has 1 aromatic heterocycles. The second-order valence-corrected chi connectivity index (χ2v) is 4.95. The fourth-order valence-electron chi connectivity index (χ4n) is 2.11. The van der Waals surface area contributed by atoms with Crippen LogP contribution in [-0.2, 0) is 7.05 Å². The molecule has 0 bridgehead atoms. The van der Waals surface area contributed by atoms with E-state index in [0.29, 0.717) is 12.2 Å². The first-order chi connectivity index (χ1) is 8.06.